The van der Waals surface area contributed by atoms with E-state index in [0.29, 0.717) is 0 Å². The van der Waals surface area contributed by atoms with Crippen LogP contribution < -0.4 is 4.46 Å². The minimum atomic E-state index is -2.21. The first kappa shape index (κ1) is 11.0. The van der Waals surface area contributed by atoms with E-state index >= 15 is 0 Å². The molecule has 0 bridgehead atoms. The fraction of sp³-hybridized carbons (Fsp3) is 0. The van der Waals surface area contributed by atoms with Crippen LogP contribution in [0.25, 0.3) is 0 Å². The third-order valence-corrected chi connectivity index (χ3v) is 3.37. The molecule has 0 saturated carbocycles. The number of allylic oxidation sites excluding steroid dienone is 2. The van der Waals surface area contributed by atoms with Crippen LogP contribution in [0, 0.1) is 0 Å². The molecule has 72 valence electrons. The van der Waals surface area contributed by atoms with E-state index in [-0.39, 0.29) is 15.0 Å². The van der Waals surface area contributed by atoms with Gasteiger partial charge >= 0.3 is 90.6 Å². The molecule has 0 atom stereocenters. The maximum atomic E-state index is 10.1. The predicted octanol–water partition coefficient (Wildman–Crippen LogP) is 0.366. The Bertz CT molecular complexity index is 460. The maximum absolute atomic E-state index is 10.1. The monoisotopic (exact) mass is 272 g/mol. The van der Waals surface area contributed by atoms with Crippen molar-refractivity contribution >= 4 is 34.7 Å². The van der Waals surface area contributed by atoms with Crippen LogP contribution in [-0.4, -0.2) is 28.4 Å². The molecule has 14 heavy (non-hydrogen) atoms. The average Bonchev–Trinajstić information content (AvgIpc) is 2.18. The Hall–Kier alpha value is -1.05. The normalized spacial score (nSPS) is 9.71. The summed E-state index contributed by atoms with van der Waals surface area (Å²) < 4.78 is 21.4. The molecule has 0 aliphatic rings. The fourth-order valence-electron chi connectivity index (χ4n) is 0.751. The zero-order valence-corrected chi connectivity index (χ0v) is 9.78. The molecule has 1 aromatic carbocycles. The Morgan fingerprint density at radius 1 is 1.21 bits per heavy atom. The Morgan fingerprint density at radius 2 is 1.93 bits per heavy atom. The number of hydrogen-bond acceptors (Lipinski definition) is 2. The molecular weight excluding hydrogens is 263 g/mol. The second-order valence-electron chi connectivity index (χ2n) is 2.28. The first-order valence-corrected chi connectivity index (χ1v) is 6.76. The zero-order chi connectivity index (χ0) is 10.2. The summed E-state index contributed by atoms with van der Waals surface area (Å²) in [5, 5.41) is 2.15. The molecule has 0 radical (unpaired) electrons. The SMILES string of the molecule is O=S(=O)=C=CC=C[Se]c1ccccc1. The molecular formula is C10H8O2SSe. The van der Waals surface area contributed by atoms with Crippen LogP contribution in [0.1, 0.15) is 0 Å². The van der Waals surface area contributed by atoms with Crippen LogP contribution >= 0.6 is 0 Å². The standard InChI is InChI=1S/C10H8O2SSe/c11-13(12)8-4-5-9-14-10-6-2-1-3-7-10/h1-7,9H. The van der Waals surface area contributed by atoms with Gasteiger partial charge in [-0.05, 0) is 0 Å². The van der Waals surface area contributed by atoms with Gasteiger partial charge in [-0.25, -0.2) is 0 Å². The molecule has 1 rings (SSSR count). The molecule has 4 heteroatoms. The topological polar surface area (TPSA) is 34.1 Å². The van der Waals surface area contributed by atoms with Gasteiger partial charge in [0.1, 0.15) is 0 Å². The summed E-state index contributed by atoms with van der Waals surface area (Å²) in [6, 6.07) is 10.0. The van der Waals surface area contributed by atoms with Crippen molar-refractivity contribution in [2.24, 2.45) is 0 Å². The average molecular weight is 271 g/mol. The molecule has 0 aliphatic heterocycles. The molecule has 0 amide bonds. The third-order valence-electron chi connectivity index (χ3n) is 1.29. The van der Waals surface area contributed by atoms with E-state index in [2.05, 4.69) is 5.02 Å². The fourth-order valence-corrected chi connectivity index (χ4v) is 2.26. The Labute approximate surface area is 90.7 Å². The third kappa shape index (κ3) is 4.85. The van der Waals surface area contributed by atoms with Gasteiger partial charge in [-0.15, -0.1) is 0 Å². The van der Waals surface area contributed by atoms with Crippen molar-refractivity contribution in [2.45, 2.75) is 0 Å². The van der Waals surface area contributed by atoms with Gasteiger partial charge in [0.05, 0.1) is 0 Å². The van der Waals surface area contributed by atoms with Crippen molar-refractivity contribution in [3.8, 4) is 0 Å². The quantitative estimate of drug-likeness (QED) is 0.452. The molecule has 0 aliphatic carbocycles. The Balaban J connectivity index is 2.54. The van der Waals surface area contributed by atoms with Gasteiger partial charge in [-0.2, -0.15) is 0 Å². The summed E-state index contributed by atoms with van der Waals surface area (Å²) in [6.45, 7) is 0. The number of benzene rings is 1. The summed E-state index contributed by atoms with van der Waals surface area (Å²) in [4.78, 5) is 1.95. The molecule has 0 aromatic heterocycles. The molecule has 0 unspecified atom stereocenters. The zero-order valence-electron chi connectivity index (χ0n) is 7.25. The second kappa shape index (κ2) is 6.41. The number of rotatable bonds is 3. The van der Waals surface area contributed by atoms with E-state index in [1.54, 1.807) is 6.08 Å². The summed E-state index contributed by atoms with van der Waals surface area (Å²) in [7, 11) is -2.21. The van der Waals surface area contributed by atoms with Crippen LogP contribution in [0.3, 0.4) is 0 Å². The second-order valence-corrected chi connectivity index (χ2v) is 5.04. The van der Waals surface area contributed by atoms with Crippen LogP contribution in [0.5, 0.6) is 0 Å². The van der Waals surface area contributed by atoms with E-state index in [4.69, 9.17) is 0 Å². The summed E-state index contributed by atoms with van der Waals surface area (Å²) in [5.74, 6) is 0. The van der Waals surface area contributed by atoms with Crippen molar-refractivity contribution in [1.29, 1.82) is 0 Å². The van der Waals surface area contributed by atoms with Crippen LogP contribution in [0.15, 0.2) is 47.5 Å². The minimum absolute atomic E-state index is 0.254. The van der Waals surface area contributed by atoms with Gasteiger partial charge in [0.25, 0.3) is 0 Å². The van der Waals surface area contributed by atoms with Gasteiger partial charge < -0.3 is 0 Å². The van der Waals surface area contributed by atoms with Gasteiger partial charge in [-0.1, -0.05) is 0 Å². The molecule has 1 aromatic rings. The van der Waals surface area contributed by atoms with Gasteiger partial charge in [0, 0.05) is 0 Å². The molecule has 0 N–H and O–H groups in total. The van der Waals surface area contributed by atoms with E-state index in [1.165, 1.54) is 10.5 Å². The first-order chi connectivity index (χ1) is 6.79. The van der Waals surface area contributed by atoms with E-state index in [9.17, 15) is 8.42 Å². The van der Waals surface area contributed by atoms with Crippen LogP contribution in [0.2, 0.25) is 0 Å². The molecule has 2 nitrogen and oxygen atoms in total. The van der Waals surface area contributed by atoms with E-state index in [0.717, 1.165) is 0 Å². The summed E-state index contributed by atoms with van der Waals surface area (Å²) >= 11 is 0.254. The van der Waals surface area contributed by atoms with Crippen molar-refractivity contribution in [2.75, 3.05) is 0 Å². The Kier molecular flexibility index (Phi) is 5.05. The van der Waals surface area contributed by atoms with Gasteiger partial charge in [0.2, 0.25) is 0 Å². The molecule has 0 saturated heterocycles. The van der Waals surface area contributed by atoms with Crippen molar-refractivity contribution < 1.29 is 8.42 Å². The van der Waals surface area contributed by atoms with Crippen molar-refractivity contribution in [1.82, 2.24) is 0 Å². The molecule has 0 heterocycles. The summed E-state index contributed by atoms with van der Waals surface area (Å²) in [6.07, 6.45) is 3.09. The van der Waals surface area contributed by atoms with Crippen molar-refractivity contribution in [3.05, 3.63) is 47.5 Å². The van der Waals surface area contributed by atoms with Crippen molar-refractivity contribution in [3.63, 3.8) is 0 Å². The van der Waals surface area contributed by atoms with Crippen LogP contribution in [0.4, 0.5) is 0 Å². The van der Waals surface area contributed by atoms with E-state index in [1.807, 2.05) is 35.3 Å². The van der Waals surface area contributed by atoms with Gasteiger partial charge in [-0.3, -0.25) is 0 Å². The van der Waals surface area contributed by atoms with E-state index < -0.39 is 10.3 Å². The number of hydrogen-bond donors (Lipinski definition) is 0. The Morgan fingerprint density at radius 3 is 2.57 bits per heavy atom. The van der Waals surface area contributed by atoms with Crippen LogP contribution in [-0.2, 0) is 10.3 Å². The first-order valence-electron chi connectivity index (χ1n) is 3.84. The summed E-state index contributed by atoms with van der Waals surface area (Å²) in [5.41, 5.74) is 0. The molecule has 0 fully saturated rings. The van der Waals surface area contributed by atoms with Gasteiger partial charge in [0.15, 0.2) is 0 Å². The molecule has 0 spiro atoms. The predicted molar refractivity (Wildman–Crippen MR) is 59.5 cm³/mol.